The second-order valence-electron chi connectivity index (χ2n) is 4.34. The van der Waals surface area contributed by atoms with E-state index in [2.05, 4.69) is 44.3 Å². The number of unbranched alkanes of at least 4 members (excludes halogenated alkanes) is 1. The lowest BCUT2D eigenvalue weighted by Crippen LogP contribution is -2.85. The third-order valence-electron chi connectivity index (χ3n) is 2.67. The van der Waals surface area contributed by atoms with Crippen molar-refractivity contribution in [2.45, 2.75) is 33.6 Å². The summed E-state index contributed by atoms with van der Waals surface area (Å²) in [4.78, 5) is 0. The van der Waals surface area contributed by atoms with Crippen molar-refractivity contribution in [1.82, 2.24) is 0 Å². The van der Waals surface area contributed by atoms with Crippen LogP contribution in [0.4, 0.5) is 0 Å². The highest BCUT2D eigenvalue weighted by atomic mass is 16.5. The molecule has 1 rings (SSSR count). The Morgan fingerprint density at radius 3 is 2.69 bits per heavy atom. The van der Waals surface area contributed by atoms with E-state index in [1.807, 2.05) is 0 Å². The van der Waals surface area contributed by atoms with E-state index in [1.165, 1.54) is 30.5 Å². The first-order valence-electron chi connectivity index (χ1n) is 6.25. The molecule has 0 radical (unpaired) electrons. The molecule has 2 N–H and O–H groups in total. The number of hydrogen-bond donors (Lipinski definition) is 1. The molecule has 0 unspecified atom stereocenters. The number of nitrogens with two attached hydrogens (primary N) is 1. The summed E-state index contributed by atoms with van der Waals surface area (Å²) in [7, 11) is 0. The zero-order valence-corrected chi connectivity index (χ0v) is 10.8. The summed E-state index contributed by atoms with van der Waals surface area (Å²) in [5.41, 5.74) is 2.52. The quantitative estimate of drug-likeness (QED) is 0.702. The Morgan fingerprint density at radius 2 is 2.00 bits per heavy atom. The first-order chi connectivity index (χ1) is 7.74. The molecule has 0 bridgehead atoms. The lowest BCUT2D eigenvalue weighted by molar-refractivity contribution is -0.655. The van der Waals surface area contributed by atoms with Crippen LogP contribution in [0.2, 0.25) is 0 Å². The van der Waals surface area contributed by atoms with E-state index >= 15 is 0 Å². The van der Waals surface area contributed by atoms with E-state index in [0.29, 0.717) is 0 Å². The van der Waals surface area contributed by atoms with Gasteiger partial charge in [0.05, 0.1) is 6.54 Å². The molecule has 1 aromatic carbocycles. The number of hydrogen-bond acceptors (Lipinski definition) is 1. The summed E-state index contributed by atoms with van der Waals surface area (Å²) in [5.74, 6) is 1.02. The molecular formula is C14H24NO+. The van der Waals surface area contributed by atoms with Crippen LogP contribution in [0.25, 0.3) is 0 Å². The Labute approximate surface area is 99.0 Å². The first-order valence-corrected chi connectivity index (χ1v) is 6.25. The van der Waals surface area contributed by atoms with Crippen LogP contribution in [-0.4, -0.2) is 19.7 Å². The van der Waals surface area contributed by atoms with Gasteiger partial charge in [-0.3, -0.25) is 0 Å². The summed E-state index contributed by atoms with van der Waals surface area (Å²) in [6.45, 7) is 9.49. The zero-order chi connectivity index (χ0) is 11.8. The minimum absolute atomic E-state index is 0.799. The average Bonchev–Trinajstić information content (AvgIpc) is 2.26. The van der Waals surface area contributed by atoms with Crippen molar-refractivity contribution >= 4 is 0 Å². The van der Waals surface area contributed by atoms with Crippen molar-refractivity contribution in [2.75, 3.05) is 19.7 Å². The molecule has 0 fully saturated rings. The van der Waals surface area contributed by atoms with Gasteiger partial charge >= 0.3 is 0 Å². The summed E-state index contributed by atoms with van der Waals surface area (Å²) >= 11 is 0. The number of quaternary nitrogens is 1. The number of benzene rings is 1. The molecule has 0 atom stereocenters. The Kier molecular flexibility index (Phi) is 5.94. The van der Waals surface area contributed by atoms with Crippen molar-refractivity contribution in [3.05, 3.63) is 29.3 Å². The van der Waals surface area contributed by atoms with Crippen molar-refractivity contribution in [3.8, 4) is 5.75 Å². The molecule has 0 aromatic heterocycles. The monoisotopic (exact) mass is 222 g/mol. The molecular weight excluding hydrogens is 198 g/mol. The first kappa shape index (κ1) is 13.0. The van der Waals surface area contributed by atoms with Crippen LogP contribution in [0.5, 0.6) is 5.75 Å². The minimum Gasteiger partial charge on any atom is -0.487 e. The SMILES string of the molecule is CCCC[NH2+]CCOc1ccc(C)cc1C. The van der Waals surface area contributed by atoms with Crippen LogP contribution >= 0.6 is 0 Å². The standard InChI is InChI=1S/C14H23NO/c1-4-5-8-15-9-10-16-14-7-6-12(2)11-13(14)3/h6-7,11,15H,4-5,8-10H2,1-3H3/p+1. The van der Waals surface area contributed by atoms with Gasteiger partial charge in [-0.15, -0.1) is 0 Å². The van der Waals surface area contributed by atoms with Crippen molar-refractivity contribution in [3.63, 3.8) is 0 Å². The van der Waals surface area contributed by atoms with E-state index in [4.69, 9.17) is 4.74 Å². The second-order valence-corrected chi connectivity index (χ2v) is 4.34. The molecule has 2 nitrogen and oxygen atoms in total. The Hall–Kier alpha value is -1.02. The van der Waals surface area contributed by atoms with Crippen molar-refractivity contribution in [2.24, 2.45) is 0 Å². The van der Waals surface area contributed by atoms with E-state index < -0.39 is 0 Å². The third-order valence-corrected chi connectivity index (χ3v) is 2.67. The molecule has 0 saturated heterocycles. The molecule has 90 valence electrons. The fourth-order valence-electron chi connectivity index (χ4n) is 1.71. The molecule has 0 aliphatic heterocycles. The number of rotatable bonds is 7. The molecule has 16 heavy (non-hydrogen) atoms. The maximum Gasteiger partial charge on any atom is 0.137 e. The van der Waals surface area contributed by atoms with E-state index in [-0.39, 0.29) is 0 Å². The van der Waals surface area contributed by atoms with Crippen LogP contribution in [0.15, 0.2) is 18.2 Å². The van der Waals surface area contributed by atoms with Gasteiger partial charge in [-0.25, -0.2) is 0 Å². The largest absolute Gasteiger partial charge is 0.487 e. The van der Waals surface area contributed by atoms with Gasteiger partial charge in [-0.1, -0.05) is 31.0 Å². The smallest absolute Gasteiger partial charge is 0.137 e. The van der Waals surface area contributed by atoms with Crippen LogP contribution in [0, 0.1) is 13.8 Å². The zero-order valence-electron chi connectivity index (χ0n) is 10.8. The van der Waals surface area contributed by atoms with Gasteiger partial charge in [0.1, 0.15) is 18.9 Å². The molecule has 2 heteroatoms. The summed E-state index contributed by atoms with van der Waals surface area (Å²) in [6.07, 6.45) is 2.57. The predicted octanol–water partition coefficient (Wildman–Crippen LogP) is 2.05. The summed E-state index contributed by atoms with van der Waals surface area (Å²) < 4.78 is 5.74. The maximum atomic E-state index is 5.74. The summed E-state index contributed by atoms with van der Waals surface area (Å²) in [6, 6.07) is 6.33. The molecule has 0 aliphatic rings. The van der Waals surface area contributed by atoms with Crippen LogP contribution in [0.1, 0.15) is 30.9 Å². The van der Waals surface area contributed by atoms with Gasteiger partial charge in [0.2, 0.25) is 0 Å². The lowest BCUT2D eigenvalue weighted by Gasteiger charge is -2.08. The molecule has 0 spiro atoms. The summed E-state index contributed by atoms with van der Waals surface area (Å²) in [5, 5.41) is 2.33. The lowest BCUT2D eigenvalue weighted by atomic mass is 10.1. The van der Waals surface area contributed by atoms with Gasteiger partial charge in [-0.05, 0) is 31.9 Å². The topological polar surface area (TPSA) is 25.8 Å². The number of aryl methyl sites for hydroxylation is 2. The van der Waals surface area contributed by atoms with Gasteiger partial charge in [-0.2, -0.15) is 0 Å². The van der Waals surface area contributed by atoms with Gasteiger partial charge in [0.25, 0.3) is 0 Å². The Morgan fingerprint density at radius 1 is 1.19 bits per heavy atom. The van der Waals surface area contributed by atoms with Gasteiger partial charge in [0.15, 0.2) is 0 Å². The highest BCUT2D eigenvalue weighted by Crippen LogP contribution is 2.18. The fraction of sp³-hybridized carbons (Fsp3) is 0.571. The highest BCUT2D eigenvalue weighted by Gasteiger charge is 1.99. The Bertz CT molecular complexity index is 310. The second kappa shape index (κ2) is 7.29. The molecule has 0 heterocycles. The Balaban J connectivity index is 2.21. The van der Waals surface area contributed by atoms with E-state index in [1.54, 1.807) is 0 Å². The third kappa shape index (κ3) is 4.67. The normalized spacial score (nSPS) is 10.4. The van der Waals surface area contributed by atoms with Gasteiger partial charge in [0, 0.05) is 0 Å². The minimum atomic E-state index is 0.799. The predicted molar refractivity (Wildman–Crippen MR) is 68.0 cm³/mol. The fourth-order valence-corrected chi connectivity index (χ4v) is 1.71. The van der Waals surface area contributed by atoms with Crippen LogP contribution < -0.4 is 10.1 Å². The van der Waals surface area contributed by atoms with E-state index in [9.17, 15) is 0 Å². The molecule has 1 aromatic rings. The van der Waals surface area contributed by atoms with Crippen LogP contribution in [-0.2, 0) is 0 Å². The average molecular weight is 222 g/mol. The van der Waals surface area contributed by atoms with Gasteiger partial charge < -0.3 is 10.1 Å². The van der Waals surface area contributed by atoms with Crippen LogP contribution in [0.3, 0.4) is 0 Å². The molecule has 0 amide bonds. The maximum absolute atomic E-state index is 5.74. The van der Waals surface area contributed by atoms with Crippen molar-refractivity contribution < 1.29 is 10.1 Å². The number of ether oxygens (including phenoxy) is 1. The molecule has 0 aliphatic carbocycles. The highest BCUT2D eigenvalue weighted by molar-refractivity contribution is 5.35. The van der Waals surface area contributed by atoms with Crippen molar-refractivity contribution in [1.29, 1.82) is 0 Å². The molecule has 0 saturated carbocycles. The van der Waals surface area contributed by atoms with E-state index in [0.717, 1.165) is 18.9 Å².